The fourth-order valence-electron chi connectivity index (χ4n) is 2.84. The van der Waals surface area contributed by atoms with Crippen molar-refractivity contribution in [2.75, 3.05) is 39.3 Å². The van der Waals surface area contributed by atoms with Gasteiger partial charge in [-0.2, -0.15) is 0 Å². The van der Waals surface area contributed by atoms with E-state index in [1.165, 1.54) is 0 Å². The van der Waals surface area contributed by atoms with Crippen LogP contribution in [0, 0.1) is 10.8 Å². The fraction of sp³-hybridized carbons (Fsp3) is 1.00. The van der Waals surface area contributed by atoms with Crippen LogP contribution in [0.4, 0.5) is 0 Å². The second kappa shape index (κ2) is 14.4. The summed E-state index contributed by atoms with van der Waals surface area (Å²) in [5, 5.41) is 0. The molecule has 0 spiro atoms. The Balaban J connectivity index is 0. The molecule has 0 rings (SSSR count). The summed E-state index contributed by atoms with van der Waals surface area (Å²) in [6.45, 7) is 8.81. The molecule has 6 nitrogen and oxygen atoms in total. The van der Waals surface area contributed by atoms with E-state index < -0.39 is 0 Å². The number of nitrogens with two attached hydrogens (primary N) is 6. The first-order valence-electron chi connectivity index (χ1n) is 8.57. The van der Waals surface area contributed by atoms with Gasteiger partial charge in [0.2, 0.25) is 0 Å². The minimum Gasteiger partial charge on any atom is -0.330 e. The van der Waals surface area contributed by atoms with Gasteiger partial charge in [0.05, 0.1) is 0 Å². The van der Waals surface area contributed by atoms with Crippen molar-refractivity contribution < 1.29 is 0 Å². The molecule has 0 aliphatic carbocycles. The minimum atomic E-state index is 0.276. The van der Waals surface area contributed by atoms with Gasteiger partial charge in [0, 0.05) is 0 Å². The average Bonchev–Trinajstić information content (AvgIpc) is 2.40. The molecule has 22 heavy (non-hydrogen) atoms. The fourth-order valence-corrected chi connectivity index (χ4v) is 2.84. The van der Waals surface area contributed by atoms with Crippen molar-refractivity contribution in [3.05, 3.63) is 0 Å². The molecule has 6 heteroatoms. The summed E-state index contributed by atoms with van der Waals surface area (Å²) in [7, 11) is 0. The van der Waals surface area contributed by atoms with Crippen LogP contribution in [0.1, 0.15) is 52.4 Å². The first kappa shape index (κ1) is 24.0. The topological polar surface area (TPSA) is 156 Å². The highest BCUT2D eigenvalue weighted by Gasteiger charge is 2.21. The van der Waals surface area contributed by atoms with Gasteiger partial charge in [-0.25, -0.2) is 0 Å². The van der Waals surface area contributed by atoms with Gasteiger partial charge in [-0.15, -0.1) is 0 Å². The average molecular weight is 319 g/mol. The molecular weight excluding hydrogens is 276 g/mol. The van der Waals surface area contributed by atoms with E-state index in [1.807, 2.05) is 0 Å². The number of hydrogen-bond donors (Lipinski definition) is 6. The van der Waals surface area contributed by atoms with E-state index in [4.69, 9.17) is 34.4 Å². The molecule has 0 unspecified atom stereocenters. The molecule has 0 aromatic carbocycles. The predicted octanol–water partition coefficient (Wildman–Crippen LogP) is 0.0782. The van der Waals surface area contributed by atoms with Crippen molar-refractivity contribution in [3.63, 3.8) is 0 Å². The van der Waals surface area contributed by atoms with Gasteiger partial charge in [0.25, 0.3) is 0 Å². The standard InChI is InChI=1S/2C8H21N3/c2*1-8(2-5-9,3-6-10)4-7-11/h2*2-7,9-11H2,1H3. The van der Waals surface area contributed by atoms with Gasteiger partial charge >= 0.3 is 0 Å². The lowest BCUT2D eigenvalue weighted by molar-refractivity contribution is 0.263. The van der Waals surface area contributed by atoms with Gasteiger partial charge in [-0.05, 0) is 88.6 Å². The maximum absolute atomic E-state index is 5.49. The highest BCUT2D eigenvalue weighted by Crippen LogP contribution is 2.28. The Morgan fingerprint density at radius 2 is 0.545 bits per heavy atom. The molecule has 0 aromatic rings. The summed E-state index contributed by atoms with van der Waals surface area (Å²) in [6.07, 6.45) is 6.18. The van der Waals surface area contributed by atoms with Gasteiger partial charge < -0.3 is 34.4 Å². The molecule has 0 heterocycles. The molecule has 0 fully saturated rings. The summed E-state index contributed by atoms with van der Waals surface area (Å²) < 4.78 is 0. The van der Waals surface area contributed by atoms with Crippen molar-refractivity contribution in [2.24, 2.45) is 45.2 Å². The predicted molar refractivity (Wildman–Crippen MR) is 98.2 cm³/mol. The molecule has 0 amide bonds. The van der Waals surface area contributed by atoms with Crippen molar-refractivity contribution >= 4 is 0 Å². The largest absolute Gasteiger partial charge is 0.330 e. The minimum absolute atomic E-state index is 0.276. The summed E-state index contributed by atoms with van der Waals surface area (Å²) >= 11 is 0. The maximum atomic E-state index is 5.49. The third-order valence-corrected chi connectivity index (χ3v) is 4.49. The Labute approximate surface area is 137 Å². The van der Waals surface area contributed by atoms with Crippen molar-refractivity contribution in [2.45, 2.75) is 52.4 Å². The highest BCUT2D eigenvalue weighted by molar-refractivity contribution is 4.76. The molecule has 12 N–H and O–H groups in total. The first-order chi connectivity index (χ1) is 10.4. The zero-order valence-corrected chi connectivity index (χ0v) is 14.9. The van der Waals surface area contributed by atoms with Crippen LogP contribution in [-0.2, 0) is 0 Å². The van der Waals surface area contributed by atoms with Crippen LogP contribution in [0.2, 0.25) is 0 Å². The van der Waals surface area contributed by atoms with E-state index >= 15 is 0 Å². The van der Waals surface area contributed by atoms with E-state index in [0.29, 0.717) is 0 Å². The summed E-state index contributed by atoms with van der Waals surface area (Å²) in [6, 6.07) is 0. The third-order valence-electron chi connectivity index (χ3n) is 4.49. The van der Waals surface area contributed by atoms with Gasteiger partial charge in [-0.3, -0.25) is 0 Å². The molecule has 0 aliphatic heterocycles. The molecule has 0 aliphatic rings. The molecule has 0 bridgehead atoms. The van der Waals surface area contributed by atoms with Crippen molar-refractivity contribution in [1.29, 1.82) is 0 Å². The second-order valence-electron chi connectivity index (χ2n) is 6.85. The lowest BCUT2D eigenvalue weighted by Crippen LogP contribution is -2.27. The van der Waals surface area contributed by atoms with Gasteiger partial charge in [0.15, 0.2) is 0 Å². The van der Waals surface area contributed by atoms with E-state index in [0.717, 1.165) is 77.8 Å². The SMILES string of the molecule is CC(CCN)(CCN)CCN.CC(CCN)(CCN)CCN. The quantitative estimate of drug-likeness (QED) is 0.299. The highest BCUT2D eigenvalue weighted by atomic mass is 14.6. The van der Waals surface area contributed by atoms with Crippen LogP contribution < -0.4 is 34.4 Å². The second-order valence-corrected chi connectivity index (χ2v) is 6.85. The lowest BCUT2D eigenvalue weighted by Gasteiger charge is -2.27. The van der Waals surface area contributed by atoms with E-state index in [2.05, 4.69) is 13.8 Å². The molecule has 136 valence electrons. The van der Waals surface area contributed by atoms with Crippen LogP contribution in [0.25, 0.3) is 0 Å². The van der Waals surface area contributed by atoms with Crippen molar-refractivity contribution in [1.82, 2.24) is 0 Å². The Morgan fingerprint density at radius 1 is 0.409 bits per heavy atom. The molecule has 0 radical (unpaired) electrons. The molecular formula is C16H42N6. The Bertz CT molecular complexity index is 177. The van der Waals surface area contributed by atoms with E-state index in [1.54, 1.807) is 0 Å². The number of rotatable bonds is 12. The molecule has 0 atom stereocenters. The summed E-state index contributed by atoms with van der Waals surface area (Å²) in [5.74, 6) is 0. The zero-order valence-electron chi connectivity index (χ0n) is 14.9. The van der Waals surface area contributed by atoms with Crippen LogP contribution in [-0.4, -0.2) is 39.3 Å². The molecule has 0 saturated heterocycles. The number of hydrogen-bond acceptors (Lipinski definition) is 6. The van der Waals surface area contributed by atoms with E-state index in [9.17, 15) is 0 Å². The smallest absolute Gasteiger partial charge is 0.00721 e. The van der Waals surface area contributed by atoms with Crippen LogP contribution in [0.5, 0.6) is 0 Å². The Morgan fingerprint density at radius 3 is 0.636 bits per heavy atom. The summed E-state index contributed by atoms with van der Waals surface area (Å²) in [5.41, 5.74) is 33.5. The van der Waals surface area contributed by atoms with Crippen LogP contribution in [0.3, 0.4) is 0 Å². The Kier molecular flexibility index (Phi) is 15.7. The van der Waals surface area contributed by atoms with Gasteiger partial charge in [0.1, 0.15) is 0 Å². The van der Waals surface area contributed by atoms with Gasteiger partial charge in [-0.1, -0.05) is 13.8 Å². The van der Waals surface area contributed by atoms with Crippen LogP contribution >= 0.6 is 0 Å². The molecule has 0 aromatic heterocycles. The van der Waals surface area contributed by atoms with E-state index in [-0.39, 0.29) is 10.8 Å². The molecule has 0 saturated carbocycles. The van der Waals surface area contributed by atoms with Crippen LogP contribution in [0.15, 0.2) is 0 Å². The maximum Gasteiger partial charge on any atom is -0.00721 e. The Hall–Kier alpha value is -0.240. The first-order valence-corrected chi connectivity index (χ1v) is 8.57. The normalized spacial score (nSPS) is 12.0. The van der Waals surface area contributed by atoms with Crippen molar-refractivity contribution in [3.8, 4) is 0 Å². The lowest BCUT2D eigenvalue weighted by atomic mass is 9.80. The summed E-state index contributed by atoms with van der Waals surface area (Å²) in [4.78, 5) is 0. The zero-order chi connectivity index (χ0) is 17.5. The monoisotopic (exact) mass is 318 g/mol. The third kappa shape index (κ3) is 12.3.